The van der Waals surface area contributed by atoms with Gasteiger partial charge in [-0.1, -0.05) is 36.8 Å². The maximum Gasteiger partial charge on any atom is 0.244 e. The molecule has 0 saturated carbocycles. The predicted octanol–water partition coefficient (Wildman–Crippen LogP) is 2.78. The van der Waals surface area contributed by atoms with E-state index in [1.165, 1.54) is 16.4 Å². The van der Waals surface area contributed by atoms with E-state index in [1.54, 1.807) is 6.07 Å². The van der Waals surface area contributed by atoms with Crippen LogP contribution in [0.2, 0.25) is 5.02 Å². The van der Waals surface area contributed by atoms with E-state index < -0.39 is 10.0 Å². The van der Waals surface area contributed by atoms with Gasteiger partial charge >= 0.3 is 0 Å². The normalized spacial score (nSPS) is 21.0. The Hall–Kier alpha value is -0.690. The average Bonchev–Trinajstić information content (AvgIpc) is 2.63. The predicted molar refractivity (Wildman–Crippen MR) is 89.1 cm³/mol. The van der Waals surface area contributed by atoms with Crippen LogP contribution < -0.4 is 5.73 Å². The molecule has 1 unspecified atom stereocenters. The maximum atomic E-state index is 12.7. The molecule has 2 rings (SSSR count). The van der Waals surface area contributed by atoms with Crippen LogP contribution in [0, 0.1) is 5.92 Å². The van der Waals surface area contributed by atoms with Crippen LogP contribution in [0.3, 0.4) is 0 Å². The molecule has 0 spiro atoms. The molecule has 1 aromatic rings. The Morgan fingerprint density at radius 3 is 2.71 bits per heavy atom. The topological polar surface area (TPSA) is 63.4 Å². The van der Waals surface area contributed by atoms with Gasteiger partial charge in [0.1, 0.15) is 9.88 Å². The van der Waals surface area contributed by atoms with Crippen LogP contribution in [0.5, 0.6) is 0 Å². The van der Waals surface area contributed by atoms with Crippen LogP contribution >= 0.6 is 23.8 Å². The van der Waals surface area contributed by atoms with Crippen molar-refractivity contribution >= 4 is 38.8 Å². The van der Waals surface area contributed by atoms with Gasteiger partial charge in [-0.3, -0.25) is 0 Å². The summed E-state index contributed by atoms with van der Waals surface area (Å²) in [4.78, 5) is 0.322. The van der Waals surface area contributed by atoms with E-state index in [2.05, 4.69) is 6.92 Å². The van der Waals surface area contributed by atoms with Gasteiger partial charge in [-0.2, -0.15) is 4.31 Å². The third kappa shape index (κ3) is 3.74. The van der Waals surface area contributed by atoms with Gasteiger partial charge in [0.15, 0.2) is 0 Å². The van der Waals surface area contributed by atoms with Crippen LogP contribution in [-0.4, -0.2) is 30.8 Å². The number of sulfonamides is 1. The van der Waals surface area contributed by atoms with Gasteiger partial charge in [-0.15, -0.1) is 0 Å². The lowest BCUT2D eigenvalue weighted by atomic mass is 10.0. The fourth-order valence-corrected chi connectivity index (χ4v) is 4.62. The van der Waals surface area contributed by atoms with Crippen molar-refractivity contribution in [2.45, 2.75) is 31.1 Å². The van der Waals surface area contributed by atoms with Crippen molar-refractivity contribution in [3.63, 3.8) is 0 Å². The van der Waals surface area contributed by atoms with Crippen LogP contribution in [0.15, 0.2) is 23.1 Å². The number of hydrogen-bond donors (Lipinski definition) is 1. The first-order valence-electron chi connectivity index (χ1n) is 6.92. The zero-order chi connectivity index (χ0) is 15.6. The maximum absolute atomic E-state index is 12.7. The van der Waals surface area contributed by atoms with E-state index in [0.29, 0.717) is 24.6 Å². The lowest BCUT2D eigenvalue weighted by Gasteiger charge is -2.21. The number of thiocarbonyl (C=S) groups is 1. The molecule has 4 nitrogen and oxygen atoms in total. The zero-order valence-corrected chi connectivity index (χ0v) is 14.3. The molecule has 2 N–H and O–H groups in total. The van der Waals surface area contributed by atoms with Gasteiger partial charge < -0.3 is 5.73 Å². The molecule has 1 aliphatic heterocycles. The van der Waals surface area contributed by atoms with E-state index in [9.17, 15) is 8.42 Å². The summed E-state index contributed by atoms with van der Waals surface area (Å²) in [5.74, 6) is 0.553. The third-order valence-electron chi connectivity index (χ3n) is 3.81. The smallest absolute Gasteiger partial charge is 0.244 e. The highest BCUT2D eigenvalue weighted by Gasteiger charge is 2.28. The summed E-state index contributed by atoms with van der Waals surface area (Å²) in [6, 6.07) is 4.60. The summed E-state index contributed by atoms with van der Waals surface area (Å²) in [6.07, 6.45) is 2.81. The largest absolute Gasteiger partial charge is 0.389 e. The number of rotatable bonds is 3. The molecule has 0 aromatic heterocycles. The number of nitrogens with zero attached hydrogens (tertiary/aromatic N) is 1. The minimum absolute atomic E-state index is 0.124. The highest BCUT2D eigenvalue weighted by Crippen LogP contribution is 2.28. The van der Waals surface area contributed by atoms with E-state index in [1.807, 2.05) is 0 Å². The summed E-state index contributed by atoms with van der Waals surface area (Å²) >= 11 is 11.0. The van der Waals surface area contributed by atoms with Crippen LogP contribution in [0.4, 0.5) is 0 Å². The molecule has 1 aromatic carbocycles. The number of benzene rings is 1. The van der Waals surface area contributed by atoms with Crippen LogP contribution in [0.25, 0.3) is 0 Å². The molecule has 0 radical (unpaired) electrons. The fraction of sp³-hybridized carbons (Fsp3) is 0.500. The Labute approximate surface area is 136 Å². The number of halogens is 1. The standard InChI is InChI=1S/C14H19ClN2O2S2/c1-10-3-2-7-17(8-6-10)21(18,19)13-5-4-11(14(16)20)9-12(13)15/h4-5,9-10H,2-3,6-8H2,1H3,(H2,16,20). The molecule has 1 atom stereocenters. The second-order valence-corrected chi connectivity index (χ2v) is 8.20. The Morgan fingerprint density at radius 2 is 2.10 bits per heavy atom. The van der Waals surface area contributed by atoms with Crippen molar-refractivity contribution < 1.29 is 8.42 Å². The van der Waals surface area contributed by atoms with E-state index >= 15 is 0 Å². The van der Waals surface area contributed by atoms with E-state index in [4.69, 9.17) is 29.6 Å². The summed E-state index contributed by atoms with van der Waals surface area (Å²) in [5, 5.41) is 0.164. The van der Waals surface area contributed by atoms with Gasteiger partial charge in [0.2, 0.25) is 10.0 Å². The van der Waals surface area contributed by atoms with Crippen LogP contribution in [0.1, 0.15) is 31.7 Å². The minimum atomic E-state index is -3.56. The SMILES string of the molecule is CC1CCCN(S(=O)(=O)c2ccc(C(N)=S)cc2Cl)CC1. The van der Waals surface area contributed by atoms with Gasteiger partial charge in [0, 0.05) is 18.7 Å². The molecule has 7 heteroatoms. The Balaban J connectivity index is 2.33. The Kier molecular flexibility index (Phi) is 5.24. The molecule has 1 fully saturated rings. The molecular formula is C14H19ClN2O2S2. The lowest BCUT2D eigenvalue weighted by Crippen LogP contribution is -2.32. The Bertz CT molecular complexity index is 646. The molecule has 1 saturated heterocycles. The van der Waals surface area contributed by atoms with Crippen LogP contribution in [-0.2, 0) is 10.0 Å². The summed E-state index contributed by atoms with van der Waals surface area (Å²) < 4.78 is 27.0. The van der Waals surface area contributed by atoms with Crippen molar-refractivity contribution in [2.24, 2.45) is 11.7 Å². The van der Waals surface area contributed by atoms with Crippen molar-refractivity contribution in [1.29, 1.82) is 0 Å². The molecule has 116 valence electrons. The highest BCUT2D eigenvalue weighted by molar-refractivity contribution is 7.89. The third-order valence-corrected chi connectivity index (χ3v) is 6.43. The highest BCUT2D eigenvalue weighted by atomic mass is 35.5. The second-order valence-electron chi connectivity index (χ2n) is 5.45. The summed E-state index contributed by atoms with van der Waals surface area (Å²) in [5.41, 5.74) is 6.10. The molecule has 0 bridgehead atoms. The number of hydrogen-bond acceptors (Lipinski definition) is 3. The van der Waals surface area contributed by atoms with E-state index in [-0.39, 0.29) is 14.9 Å². The molecule has 1 aliphatic rings. The quantitative estimate of drug-likeness (QED) is 0.855. The first-order chi connectivity index (χ1) is 9.82. The number of nitrogens with two attached hydrogens (primary N) is 1. The van der Waals surface area contributed by atoms with Gasteiger partial charge in [-0.05, 0) is 37.3 Å². The molecular weight excluding hydrogens is 328 g/mol. The van der Waals surface area contributed by atoms with Gasteiger partial charge in [0.05, 0.1) is 5.02 Å². The minimum Gasteiger partial charge on any atom is -0.389 e. The lowest BCUT2D eigenvalue weighted by molar-refractivity contribution is 0.417. The molecule has 21 heavy (non-hydrogen) atoms. The first kappa shape index (κ1) is 16.7. The molecule has 1 heterocycles. The summed E-state index contributed by atoms with van der Waals surface area (Å²) in [6.45, 7) is 3.23. The first-order valence-corrected chi connectivity index (χ1v) is 9.14. The monoisotopic (exact) mass is 346 g/mol. The summed E-state index contributed by atoms with van der Waals surface area (Å²) in [7, 11) is -3.56. The molecule has 0 amide bonds. The van der Waals surface area contributed by atoms with Gasteiger partial charge in [-0.25, -0.2) is 8.42 Å². The van der Waals surface area contributed by atoms with E-state index in [0.717, 1.165) is 19.3 Å². The average molecular weight is 347 g/mol. The zero-order valence-electron chi connectivity index (χ0n) is 11.9. The van der Waals surface area contributed by atoms with Crippen molar-refractivity contribution in [3.05, 3.63) is 28.8 Å². The van der Waals surface area contributed by atoms with Crippen molar-refractivity contribution in [3.8, 4) is 0 Å². The van der Waals surface area contributed by atoms with Crippen molar-refractivity contribution in [1.82, 2.24) is 4.31 Å². The Morgan fingerprint density at radius 1 is 1.38 bits per heavy atom. The second kappa shape index (κ2) is 6.60. The van der Waals surface area contributed by atoms with Gasteiger partial charge in [0.25, 0.3) is 0 Å². The van der Waals surface area contributed by atoms with Crippen molar-refractivity contribution in [2.75, 3.05) is 13.1 Å². The molecule has 0 aliphatic carbocycles. The fourth-order valence-electron chi connectivity index (χ4n) is 2.48.